The van der Waals surface area contributed by atoms with Gasteiger partial charge in [-0.3, -0.25) is 0 Å². The van der Waals surface area contributed by atoms with E-state index >= 15 is 0 Å². The molecule has 2 heterocycles. The molecule has 21 heavy (non-hydrogen) atoms. The van der Waals surface area contributed by atoms with Gasteiger partial charge in [0.05, 0.1) is 6.04 Å². The maximum Gasteiger partial charge on any atom is 0.161 e. The quantitative estimate of drug-likeness (QED) is 0.914. The van der Waals surface area contributed by atoms with Crippen molar-refractivity contribution in [3.63, 3.8) is 0 Å². The van der Waals surface area contributed by atoms with E-state index in [-0.39, 0.29) is 12.1 Å². The minimum Gasteiger partial charge on any atom is -0.486 e. The maximum absolute atomic E-state index is 5.65. The molecule has 4 nitrogen and oxygen atoms in total. The zero-order valence-electron chi connectivity index (χ0n) is 12.3. The van der Waals surface area contributed by atoms with E-state index in [1.54, 1.807) is 11.3 Å². The molecular formula is C16H20N2O2S. The van der Waals surface area contributed by atoms with E-state index in [0.29, 0.717) is 13.2 Å². The van der Waals surface area contributed by atoms with Crippen molar-refractivity contribution in [2.75, 3.05) is 13.2 Å². The van der Waals surface area contributed by atoms with Gasteiger partial charge in [-0.1, -0.05) is 13.0 Å². The predicted octanol–water partition coefficient (Wildman–Crippen LogP) is 3.72. The van der Waals surface area contributed by atoms with Crippen LogP contribution in [0.5, 0.6) is 11.5 Å². The summed E-state index contributed by atoms with van der Waals surface area (Å²) >= 11 is 1.70. The van der Waals surface area contributed by atoms with Crippen molar-refractivity contribution in [2.24, 2.45) is 0 Å². The van der Waals surface area contributed by atoms with E-state index in [9.17, 15) is 0 Å². The summed E-state index contributed by atoms with van der Waals surface area (Å²) in [5, 5.41) is 6.81. The predicted molar refractivity (Wildman–Crippen MR) is 84.1 cm³/mol. The smallest absolute Gasteiger partial charge is 0.161 e. The first-order valence-corrected chi connectivity index (χ1v) is 8.21. The van der Waals surface area contributed by atoms with Crippen LogP contribution in [-0.4, -0.2) is 18.2 Å². The topological polar surface area (TPSA) is 43.4 Å². The average Bonchev–Trinajstić information content (AvgIpc) is 3.06. The summed E-state index contributed by atoms with van der Waals surface area (Å²) in [4.78, 5) is 4.42. The molecule has 0 saturated carbocycles. The highest BCUT2D eigenvalue weighted by molar-refractivity contribution is 7.09. The lowest BCUT2D eigenvalue weighted by molar-refractivity contribution is 0.171. The number of hydrogen-bond acceptors (Lipinski definition) is 5. The molecule has 0 radical (unpaired) electrons. The van der Waals surface area contributed by atoms with Crippen LogP contribution in [0.1, 0.15) is 42.9 Å². The molecule has 0 spiro atoms. The van der Waals surface area contributed by atoms with Crippen molar-refractivity contribution in [1.82, 2.24) is 10.3 Å². The third kappa shape index (κ3) is 3.19. The number of nitrogens with zero attached hydrogens (tertiary/aromatic N) is 1. The molecule has 0 fully saturated rings. The number of aromatic nitrogens is 1. The lowest BCUT2D eigenvalue weighted by Gasteiger charge is -2.23. The summed E-state index contributed by atoms with van der Waals surface area (Å²) in [5.74, 6) is 1.68. The highest BCUT2D eigenvalue weighted by atomic mass is 32.1. The van der Waals surface area contributed by atoms with Crippen LogP contribution < -0.4 is 14.8 Å². The van der Waals surface area contributed by atoms with Crippen molar-refractivity contribution >= 4 is 11.3 Å². The lowest BCUT2D eigenvalue weighted by Crippen LogP contribution is -2.24. The Bertz CT molecular complexity index is 586. The number of fused-ring (bicyclic) bond motifs is 1. The summed E-state index contributed by atoms with van der Waals surface area (Å²) < 4.78 is 11.2. The van der Waals surface area contributed by atoms with Gasteiger partial charge in [-0.05, 0) is 31.0 Å². The van der Waals surface area contributed by atoms with Crippen molar-refractivity contribution in [3.8, 4) is 11.5 Å². The molecule has 0 amide bonds. The molecule has 1 aliphatic rings. The SMILES string of the molecule is CCC(NC(C)c1ccc2c(c1)OCCO2)c1nccs1. The number of benzene rings is 1. The summed E-state index contributed by atoms with van der Waals surface area (Å²) in [6, 6.07) is 6.68. The lowest BCUT2D eigenvalue weighted by atomic mass is 10.1. The van der Waals surface area contributed by atoms with Crippen molar-refractivity contribution in [2.45, 2.75) is 32.4 Å². The van der Waals surface area contributed by atoms with Crippen LogP contribution in [0.3, 0.4) is 0 Å². The molecule has 1 aliphatic heterocycles. The third-order valence-electron chi connectivity index (χ3n) is 3.68. The Morgan fingerprint density at radius 1 is 1.29 bits per heavy atom. The number of thiazole rings is 1. The van der Waals surface area contributed by atoms with Crippen LogP contribution in [0.4, 0.5) is 0 Å². The third-order valence-corrected chi connectivity index (χ3v) is 4.56. The molecule has 2 atom stereocenters. The fraction of sp³-hybridized carbons (Fsp3) is 0.438. The molecule has 1 aromatic heterocycles. The monoisotopic (exact) mass is 304 g/mol. The molecule has 2 aromatic rings. The standard InChI is InChI=1S/C16H20N2O2S/c1-3-13(16-17-6-9-21-16)18-11(2)12-4-5-14-15(10-12)20-8-7-19-14/h4-6,9-11,13,18H,3,7-8H2,1-2H3. The van der Waals surface area contributed by atoms with Crippen molar-refractivity contribution in [3.05, 3.63) is 40.3 Å². The van der Waals surface area contributed by atoms with Crippen LogP contribution in [0.2, 0.25) is 0 Å². The van der Waals surface area contributed by atoms with Gasteiger partial charge in [-0.2, -0.15) is 0 Å². The Balaban J connectivity index is 1.74. The molecule has 2 unspecified atom stereocenters. The van der Waals surface area contributed by atoms with Gasteiger partial charge in [-0.15, -0.1) is 11.3 Å². The Labute approximate surface area is 129 Å². The molecule has 0 aliphatic carbocycles. The Morgan fingerprint density at radius 3 is 2.81 bits per heavy atom. The molecule has 0 saturated heterocycles. The van der Waals surface area contributed by atoms with E-state index in [4.69, 9.17) is 9.47 Å². The minimum absolute atomic E-state index is 0.231. The van der Waals surface area contributed by atoms with Gasteiger partial charge in [0.2, 0.25) is 0 Å². The second-order valence-electron chi connectivity index (χ2n) is 5.12. The summed E-state index contributed by atoms with van der Waals surface area (Å²) in [7, 11) is 0. The zero-order chi connectivity index (χ0) is 14.7. The largest absolute Gasteiger partial charge is 0.486 e. The summed E-state index contributed by atoms with van der Waals surface area (Å²) in [5.41, 5.74) is 1.20. The Morgan fingerprint density at radius 2 is 2.10 bits per heavy atom. The van der Waals surface area contributed by atoms with E-state index in [1.165, 1.54) is 5.56 Å². The second kappa shape index (κ2) is 6.45. The first-order chi connectivity index (χ1) is 10.3. The van der Waals surface area contributed by atoms with Crippen LogP contribution in [-0.2, 0) is 0 Å². The van der Waals surface area contributed by atoms with Gasteiger partial charge in [0.15, 0.2) is 11.5 Å². The highest BCUT2D eigenvalue weighted by Gasteiger charge is 2.18. The molecule has 5 heteroatoms. The molecule has 3 rings (SSSR count). The van der Waals surface area contributed by atoms with Gasteiger partial charge in [0.1, 0.15) is 18.2 Å². The first kappa shape index (κ1) is 14.4. The second-order valence-corrected chi connectivity index (χ2v) is 6.05. The fourth-order valence-electron chi connectivity index (χ4n) is 2.50. The summed E-state index contributed by atoms with van der Waals surface area (Å²) in [6.07, 6.45) is 2.88. The van der Waals surface area contributed by atoms with Gasteiger partial charge in [0, 0.05) is 17.6 Å². The number of hydrogen-bond donors (Lipinski definition) is 1. The van der Waals surface area contributed by atoms with Gasteiger partial charge in [-0.25, -0.2) is 4.98 Å². The first-order valence-electron chi connectivity index (χ1n) is 7.33. The highest BCUT2D eigenvalue weighted by Crippen LogP contribution is 2.33. The van der Waals surface area contributed by atoms with Gasteiger partial charge in [0.25, 0.3) is 0 Å². The van der Waals surface area contributed by atoms with E-state index in [2.05, 4.69) is 36.3 Å². The van der Waals surface area contributed by atoms with Gasteiger partial charge >= 0.3 is 0 Å². The number of nitrogens with one attached hydrogen (secondary N) is 1. The average molecular weight is 304 g/mol. The molecular weight excluding hydrogens is 284 g/mol. The summed E-state index contributed by atoms with van der Waals surface area (Å²) in [6.45, 7) is 5.59. The van der Waals surface area contributed by atoms with Crippen LogP contribution >= 0.6 is 11.3 Å². The molecule has 0 bridgehead atoms. The van der Waals surface area contributed by atoms with E-state index in [1.807, 2.05) is 17.6 Å². The van der Waals surface area contributed by atoms with Crippen molar-refractivity contribution in [1.29, 1.82) is 0 Å². The normalized spacial score (nSPS) is 16.5. The Kier molecular flexibility index (Phi) is 4.41. The van der Waals surface area contributed by atoms with E-state index < -0.39 is 0 Å². The van der Waals surface area contributed by atoms with Crippen LogP contribution in [0.15, 0.2) is 29.8 Å². The molecule has 1 N–H and O–H groups in total. The molecule has 112 valence electrons. The minimum atomic E-state index is 0.231. The Hall–Kier alpha value is -1.59. The fourth-order valence-corrected chi connectivity index (χ4v) is 3.28. The van der Waals surface area contributed by atoms with Crippen LogP contribution in [0, 0.1) is 0 Å². The van der Waals surface area contributed by atoms with Gasteiger partial charge < -0.3 is 14.8 Å². The number of ether oxygens (including phenoxy) is 2. The molecule has 1 aromatic carbocycles. The maximum atomic E-state index is 5.65. The van der Waals surface area contributed by atoms with Crippen molar-refractivity contribution < 1.29 is 9.47 Å². The van der Waals surface area contributed by atoms with E-state index in [0.717, 1.165) is 22.9 Å². The number of rotatable bonds is 5. The van der Waals surface area contributed by atoms with Crippen LogP contribution in [0.25, 0.3) is 0 Å². The zero-order valence-corrected chi connectivity index (χ0v) is 13.2.